The Hall–Kier alpha value is -1.85. The van der Waals surface area contributed by atoms with Gasteiger partial charge in [-0.15, -0.1) is 0 Å². The molecule has 94 valence electrons. The number of nitrogens with two attached hydrogens (primary N) is 1. The molecule has 1 aromatic heterocycles. The Balaban J connectivity index is 2.64. The number of carbonyl (C=O) groups is 2. The number of primary amides is 1. The van der Waals surface area contributed by atoms with Crippen LogP contribution in [0.3, 0.4) is 0 Å². The van der Waals surface area contributed by atoms with Gasteiger partial charge in [-0.3, -0.25) is 9.48 Å². The summed E-state index contributed by atoms with van der Waals surface area (Å²) in [5, 5.41) is 4.03. The Morgan fingerprint density at radius 3 is 2.65 bits per heavy atom. The predicted molar refractivity (Wildman–Crippen MR) is 61.1 cm³/mol. The van der Waals surface area contributed by atoms with Gasteiger partial charge in [-0.1, -0.05) is 13.8 Å². The number of amides is 1. The second-order valence-electron chi connectivity index (χ2n) is 4.29. The molecule has 0 aliphatic rings. The van der Waals surface area contributed by atoms with E-state index in [-0.39, 0.29) is 0 Å². The number of esters is 1. The largest absolute Gasteiger partial charge is 0.449 e. The van der Waals surface area contributed by atoms with Crippen molar-refractivity contribution in [3.05, 3.63) is 18.0 Å². The predicted octanol–water partition coefficient (Wildman–Crippen LogP) is 0.570. The second-order valence-corrected chi connectivity index (χ2v) is 4.29. The third-order valence-electron chi connectivity index (χ3n) is 2.11. The number of ether oxygens (including phenoxy) is 1. The van der Waals surface area contributed by atoms with Gasteiger partial charge in [0.05, 0.1) is 11.8 Å². The van der Waals surface area contributed by atoms with Crippen LogP contribution in [0.25, 0.3) is 0 Å². The van der Waals surface area contributed by atoms with Crippen LogP contribution in [0.4, 0.5) is 0 Å². The molecule has 1 aromatic rings. The SMILES string of the molecule is CC(C)Cn1cc(C(=O)O[C@H](C)C(N)=O)cn1. The van der Waals surface area contributed by atoms with Crippen LogP contribution in [0.2, 0.25) is 0 Å². The van der Waals surface area contributed by atoms with E-state index in [1.54, 1.807) is 10.9 Å². The zero-order valence-corrected chi connectivity index (χ0v) is 10.2. The van der Waals surface area contributed by atoms with Crippen LogP contribution in [0.5, 0.6) is 0 Å². The molecule has 0 saturated carbocycles. The Morgan fingerprint density at radius 1 is 1.47 bits per heavy atom. The zero-order valence-electron chi connectivity index (χ0n) is 10.2. The molecular weight excluding hydrogens is 222 g/mol. The molecule has 1 heterocycles. The van der Waals surface area contributed by atoms with Gasteiger partial charge < -0.3 is 10.5 Å². The highest BCUT2D eigenvalue weighted by molar-refractivity contribution is 5.91. The first-order valence-corrected chi connectivity index (χ1v) is 5.43. The molecular formula is C11H17N3O3. The molecule has 0 radical (unpaired) electrons. The van der Waals surface area contributed by atoms with E-state index in [0.29, 0.717) is 11.5 Å². The average Bonchev–Trinajstić information content (AvgIpc) is 2.64. The molecule has 0 unspecified atom stereocenters. The topological polar surface area (TPSA) is 87.2 Å². The van der Waals surface area contributed by atoms with Crippen molar-refractivity contribution in [2.45, 2.75) is 33.4 Å². The first-order chi connectivity index (χ1) is 7.90. The number of hydrogen-bond donors (Lipinski definition) is 1. The van der Waals surface area contributed by atoms with Crippen molar-refractivity contribution in [2.24, 2.45) is 11.7 Å². The first kappa shape index (κ1) is 13.2. The van der Waals surface area contributed by atoms with E-state index in [0.717, 1.165) is 6.54 Å². The lowest BCUT2D eigenvalue weighted by atomic mass is 10.2. The maximum atomic E-state index is 11.6. The molecule has 0 saturated heterocycles. The lowest BCUT2D eigenvalue weighted by Gasteiger charge is -2.07. The summed E-state index contributed by atoms with van der Waals surface area (Å²) in [5.74, 6) is -0.831. The van der Waals surface area contributed by atoms with Crippen LogP contribution in [0, 0.1) is 5.92 Å². The van der Waals surface area contributed by atoms with Gasteiger partial charge in [-0.2, -0.15) is 5.10 Å². The van der Waals surface area contributed by atoms with Crippen molar-refractivity contribution >= 4 is 11.9 Å². The van der Waals surface area contributed by atoms with Crippen LogP contribution in [0.15, 0.2) is 12.4 Å². The Morgan fingerprint density at radius 2 is 2.12 bits per heavy atom. The molecule has 0 aliphatic heterocycles. The summed E-state index contributed by atoms with van der Waals surface area (Å²) in [4.78, 5) is 22.3. The van der Waals surface area contributed by atoms with Crippen LogP contribution in [-0.4, -0.2) is 27.8 Å². The minimum Gasteiger partial charge on any atom is -0.449 e. The summed E-state index contributed by atoms with van der Waals surface area (Å²) >= 11 is 0. The third-order valence-corrected chi connectivity index (χ3v) is 2.11. The zero-order chi connectivity index (χ0) is 13.0. The van der Waals surface area contributed by atoms with E-state index in [1.165, 1.54) is 13.1 Å². The summed E-state index contributed by atoms with van der Waals surface area (Å²) in [5.41, 5.74) is 5.31. The van der Waals surface area contributed by atoms with Gasteiger partial charge in [0.1, 0.15) is 0 Å². The quantitative estimate of drug-likeness (QED) is 0.761. The fourth-order valence-corrected chi connectivity index (χ4v) is 1.23. The molecule has 0 fully saturated rings. The number of hydrogen-bond acceptors (Lipinski definition) is 4. The molecule has 17 heavy (non-hydrogen) atoms. The van der Waals surface area contributed by atoms with Gasteiger partial charge in [-0.05, 0) is 12.8 Å². The first-order valence-electron chi connectivity index (χ1n) is 5.43. The molecule has 1 amide bonds. The van der Waals surface area contributed by atoms with Crippen molar-refractivity contribution in [3.63, 3.8) is 0 Å². The molecule has 1 atom stereocenters. The lowest BCUT2D eigenvalue weighted by Crippen LogP contribution is -2.30. The van der Waals surface area contributed by atoms with Crippen molar-refractivity contribution < 1.29 is 14.3 Å². The van der Waals surface area contributed by atoms with Crippen molar-refractivity contribution in [2.75, 3.05) is 0 Å². The normalized spacial score (nSPS) is 12.5. The Labute approximate surface area is 99.7 Å². The molecule has 2 N–H and O–H groups in total. The van der Waals surface area contributed by atoms with Crippen LogP contribution >= 0.6 is 0 Å². The van der Waals surface area contributed by atoms with E-state index in [1.807, 2.05) is 0 Å². The van der Waals surface area contributed by atoms with Gasteiger partial charge in [0.15, 0.2) is 6.10 Å². The highest BCUT2D eigenvalue weighted by Gasteiger charge is 2.17. The smallest absolute Gasteiger partial charge is 0.342 e. The number of rotatable bonds is 5. The van der Waals surface area contributed by atoms with E-state index in [2.05, 4.69) is 18.9 Å². The summed E-state index contributed by atoms with van der Waals surface area (Å²) < 4.78 is 6.51. The summed E-state index contributed by atoms with van der Waals surface area (Å²) in [6.07, 6.45) is 2.07. The Kier molecular flexibility index (Phi) is 4.25. The van der Waals surface area contributed by atoms with E-state index >= 15 is 0 Å². The highest BCUT2D eigenvalue weighted by Crippen LogP contribution is 2.05. The van der Waals surface area contributed by atoms with Crippen LogP contribution in [-0.2, 0) is 16.1 Å². The second kappa shape index (κ2) is 5.47. The van der Waals surface area contributed by atoms with E-state index in [4.69, 9.17) is 10.5 Å². The standard InChI is InChI=1S/C11H17N3O3/c1-7(2)5-14-6-9(4-13-14)11(16)17-8(3)10(12)15/h4,6-8H,5H2,1-3H3,(H2,12,15)/t8-/m1/s1. The molecule has 6 heteroatoms. The monoisotopic (exact) mass is 239 g/mol. The molecule has 0 aromatic carbocycles. The maximum Gasteiger partial charge on any atom is 0.342 e. The van der Waals surface area contributed by atoms with E-state index in [9.17, 15) is 9.59 Å². The minimum atomic E-state index is -0.934. The molecule has 0 spiro atoms. The Bertz CT molecular complexity index is 412. The highest BCUT2D eigenvalue weighted by atomic mass is 16.5. The fourth-order valence-electron chi connectivity index (χ4n) is 1.23. The van der Waals surface area contributed by atoms with Crippen molar-refractivity contribution in [1.82, 2.24) is 9.78 Å². The van der Waals surface area contributed by atoms with Crippen LogP contribution in [0.1, 0.15) is 31.1 Å². The summed E-state index contributed by atoms with van der Waals surface area (Å²) in [6.45, 7) is 6.25. The van der Waals surface area contributed by atoms with Gasteiger partial charge in [0.2, 0.25) is 0 Å². The fraction of sp³-hybridized carbons (Fsp3) is 0.545. The van der Waals surface area contributed by atoms with Crippen molar-refractivity contribution in [3.8, 4) is 0 Å². The number of nitrogens with zero attached hydrogens (tertiary/aromatic N) is 2. The molecule has 0 aliphatic carbocycles. The van der Waals surface area contributed by atoms with Gasteiger partial charge in [0.25, 0.3) is 5.91 Å². The van der Waals surface area contributed by atoms with Gasteiger partial charge in [-0.25, -0.2) is 4.79 Å². The summed E-state index contributed by atoms with van der Waals surface area (Å²) in [7, 11) is 0. The lowest BCUT2D eigenvalue weighted by molar-refractivity contribution is -0.125. The van der Waals surface area contributed by atoms with Crippen LogP contribution < -0.4 is 5.73 Å². The average molecular weight is 239 g/mol. The number of aromatic nitrogens is 2. The van der Waals surface area contributed by atoms with Gasteiger partial charge >= 0.3 is 5.97 Å². The third kappa shape index (κ3) is 3.90. The maximum absolute atomic E-state index is 11.6. The minimum absolute atomic E-state index is 0.318. The summed E-state index contributed by atoms with van der Waals surface area (Å²) in [6, 6.07) is 0. The van der Waals surface area contributed by atoms with Gasteiger partial charge in [0, 0.05) is 12.7 Å². The molecule has 6 nitrogen and oxygen atoms in total. The van der Waals surface area contributed by atoms with E-state index < -0.39 is 18.0 Å². The molecule has 1 rings (SSSR count). The number of carbonyl (C=O) groups excluding carboxylic acids is 2. The van der Waals surface area contributed by atoms with Crippen molar-refractivity contribution in [1.29, 1.82) is 0 Å². The molecule has 0 bridgehead atoms.